The lowest BCUT2D eigenvalue weighted by Gasteiger charge is -2.38. The van der Waals surface area contributed by atoms with Crippen LogP contribution in [0.5, 0.6) is 0 Å². The van der Waals surface area contributed by atoms with Crippen LogP contribution in [0.3, 0.4) is 0 Å². The molecule has 0 radical (unpaired) electrons. The molecular formula is C14H27N3O2. The van der Waals surface area contributed by atoms with Crippen LogP contribution in [0.1, 0.15) is 46.5 Å². The quantitative estimate of drug-likeness (QED) is 0.795. The Kier molecular flexibility index (Phi) is 5.79. The molecule has 0 saturated heterocycles. The molecule has 0 heterocycles. The zero-order valence-corrected chi connectivity index (χ0v) is 12.5. The van der Waals surface area contributed by atoms with Crippen molar-refractivity contribution in [1.29, 1.82) is 0 Å². The van der Waals surface area contributed by atoms with Crippen LogP contribution in [0.15, 0.2) is 0 Å². The van der Waals surface area contributed by atoms with E-state index in [4.69, 9.17) is 5.73 Å². The summed E-state index contributed by atoms with van der Waals surface area (Å²) in [4.78, 5) is 25.3. The summed E-state index contributed by atoms with van der Waals surface area (Å²) >= 11 is 0. The Labute approximate surface area is 115 Å². The molecule has 5 nitrogen and oxygen atoms in total. The number of hydrogen-bond donors (Lipinski definition) is 2. The molecule has 19 heavy (non-hydrogen) atoms. The highest BCUT2D eigenvalue weighted by Gasteiger charge is 2.32. The number of nitrogens with two attached hydrogens (primary N) is 1. The number of likely N-dealkylation sites (N-methyl/N-ethyl adjacent to an activating group) is 1. The van der Waals surface area contributed by atoms with E-state index < -0.39 is 6.04 Å². The molecule has 1 rings (SSSR count). The topological polar surface area (TPSA) is 75.4 Å². The number of carbonyl (C=O) groups excluding carboxylic acids is 2. The largest absolute Gasteiger partial charge is 0.350 e. The minimum Gasteiger partial charge on any atom is -0.350 e. The van der Waals surface area contributed by atoms with E-state index in [2.05, 4.69) is 5.32 Å². The zero-order valence-electron chi connectivity index (χ0n) is 12.5. The molecule has 0 aromatic heterocycles. The van der Waals surface area contributed by atoms with Crippen LogP contribution >= 0.6 is 0 Å². The minimum atomic E-state index is -0.481. The van der Waals surface area contributed by atoms with Gasteiger partial charge in [0.1, 0.15) is 0 Å². The maximum atomic E-state index is 12.1. The van der Waals surface area contributed by atoms with Crippen molar-refractivity contribution in [3.05, 3.63) is 0 Å². The number of rotatable bonds is 4. The average Bonchev–Trinajstić information content (AvgIpc) is 2.37. The van der Waals surface area contributed by atoms with Gasteiger partial charge in [0, 0.05) is 20.0 Å². The van der Waals surface area contributed by atoms with Crippen LogP contribution in [0, 0.1) is 5.92 Å². The van der Waals surface area contributed by atoms with Crippen molar-refractivity contribution in [2.45, 2.75) is 64.6 Å². The normalized spacial score (nSPS) is 24.9. The van der Waals surface area contributed by atoms with E-state index in [1.165, 1.54) is 0 Å². The molecule has 0 bridgehead atoms. The van der Waals surface area contributed by atoms with Gasteiger partial charge in [-0.1, -0.05) is 26.7 Å². The van der Waals surface area contributed by atoms with Crippen molar-refractivity contribution >= 4 is 11.8 Å². The predicted octanol–water partition coefficient (Wildman–Crippen LogP) is 0.875. The summed E-state index contributed by atoms with van der Waals surface area (Å²) in [6.07, 6.45) is 4.05. The Morgan fingerprint density at radius 2 is 1.84 bits per heavy atom. The molecule has 110 valence electrons. The predicted molar refractivity (Wildman–Crippen MR) is 75.4 cm³/mol. The molecule has 1 saturated carbocycles. The van der Waals surface area contributed by atoms with E-state index >= 15 is 0 Å². The number of carbonyl (C=O) groups is 2. The molecule has 3 atom stereocenters. The zero-order chi connectivity index (χ0) is 14.6. The molecule has 0 aliphatic heterocycles. The summed E-state index contributed by atoms with van der Waals surface area (Å²) in [6, 6.07) is -0.361. The van der Waals surface area contributed by atoms with Crippen molar-refractivity contribution in [1.82, 2.24) is 10.2 Å². The highest BCUT2D eigenvalue weighted by Crippen LogP contribution is 2.23. The summed E-state index contributed by atoms with van der Waals surface area (Å²) in [5.74, 6) is 0.0516. The average molecular weight is 269 g/mol. The summed E-state index contributed by atoms with van der Waals surface area (Å²) in [7, 11) is 1.81. The number of nitrogens with one attached hydrogen (secondary N) is 1. The third kappa shape index (κ3) is 4.20. The first-order valence-electron chi connectivity index (χ1n) is 7.14. The highest BCUT2D eigenvalue weighted by atomic mass is 16.2. The number of amides is 2. The molecule has 2 unspecified atom stereocenters. The molecule has 1 aliphatic rings. The third-order valence-electron chi connectivity index (χ3n) is 4.07. The van der Waals surface area contributed by atoms with Crippen LogP contribution in [-0.4, -0.2) is 41.9 Å². The molecule has 3 N–H and O–H groups in total. The maximum absolute atomic E-state index is 12.1. The lowest BCUT2D eigenvalue weighted by atomic mass is 9.88. The summed E-state index contributed by atoms with van der Waals surface area (Å²) in [6.45, 7) is 5.43. The third-order valence-corrected chi connectivity index (χ3v) is 4.07. The van der Waals surface area contributed by atoms with E-state index in [9.17, 15) is 9.59 Å². The lowest BCUT2D eigenvalue weighted by molar-refractivity contribution is -0.132. The monoisotopic (exact) mass is 269 g/mol. The van der Waals surface area contributed by atoms with Crippen LogP contribution in [-0.2, 0) is 9.59 Å². The van der Waals surface area contributed by atoms with Gasteiger partial charge in [0.2, 0.25) is 11.8 Å². The number of nitrogens with zero attached hydrogens (tertiary/aromatic N) is 1. The van der Waals surface area contributed by atoms with E-state index in [1.807, 2.05) is 13.8 Å². The van der Waals surface area contributed by atoms with E-state index in [-0.39, 0.29) is 29.8 Å². The van der Waals surface area contributed by atoms with Crippen LogP contribution in [0.25, 0.3) is 0 Å². The molecule has 5 heteroatoms. The molecule has 2 amide bonds. The van der Waals surface area contributed by atoms with Crippen molar-refractivity contribution in [3.8, 4) is 0 Å². The Hall–Kier alpha value is -1.10. The SMILES string of the molecule is CC(=O)N(C)[C@H]1CCCCC1NC(=O)C(N)C(C)C. The first-order chi connectivity index (χ1) is 8.84. The van der Waals surface area contributed by atoms with Gasteiger partial charge in [0.25, 0.3) is 0 Å². The van der Waals surface area contributed by atoms with Crippen LogP contribution < -0.4 is 11.1 Å². The second-order valence-corrected chi connectivity index (χ2v) is 5.87. The molecular weight excluding hydrogens is 242 g/mol. The minimum absolute atomic E-state index is 0.0277. The Morgan fingerprint density at radius 3 is 2.37 bits per heavy atom. The van der Waals surface area contributed by atoms with Crippen LogP contribution in [0.4, 0.5) is 0 Å². The fourth-order valence-electron chi connectivity index (χ4n) is 2.56. The summed E-state index contributed by atoms with van der Waals surface area (Å²) in [5.41, 5.74) is 5.87. The van der Waals surface area contributed by atoms with Crippen molar-refractivity contribution in [2.75, 3.05) is 7.05 Å². The molecule has 0 aromatic carbocycles. The Morgan fingerprint density at radius 1 is 1.26 bits per heavy atom. The van der Waals surface area contributed by atoms with Crippen molar-refractivity contribution in [3.63, 3.8) is 0 Å². The van der Waals surface area contributed by atoms with Gasteiger partial charge in [-0.05, 0) is 18.8 Å². The fraction of sp³-hybridized carbons (Fsp3) is 0.857. The molecule has 1 fully saturated rings. The van der Waals surface area contributed by atoms with Gasteiger partial charge in [-0.2, -0.15) is 0 Å². The van der Waals surface area contributed by atoms with Crippen molar-refractivity contribution < 1.29 is 9.59 Å². The number of hydrogen-bond acceptors (Lipinski definition) is 3. The van der Waals surface area contributed by atoms with E-state index in [0.717, 1.165) is 25.7 Å². The molecule has 0 spiro atoms. The van der Waals surface area contributed by atoms with Crippen LogP contribution in [0.2, 0.25) is 0 Å². The lowest BCUT2D eigenvalue weighted by Crippen LogP contribution is -2.56. The summed E-state index contributed by atoms with van der Waals surface area (Å²) < 4.78 is 0. The van der Waals surface area contributed by atoms with Crippen molar-refractivity contribution in [2.24, 2.45) is 11.7 Å². The van der Waals surface area contributed by atoms with Gasteiger partial charge in [-0.15, -0.1) is 0 Å². The molecule has 0 aromatic rings. The second-order valence-electron chi connectivity index (χ2n) is 5.87. The Balaban J connectivity index is 2.67. The molecule has 1 aliphatic carbocycles. The maximum Gasteiger partial charge on any atom is 0.237 e. The smallest absolute Gasteiger partial charge is 0.237 e. The van der Waals surface area contributed by atoms with Gasteiger partial charge in [-0.25, -0.2) is 0 Å². The van der Waals surface area contributed by atoms with Gasteiger partial charge < -0.3 is 16.0 Å². The van der Waals surface area contributed by atoms with Gasteiger partial charge in [0.15, 0.2) is 0 Å². The van der Waals surface area contributed by atoms with Gasteiger partial charge in [0.05, 0.1) is 12.1 Å². The van der Waals surface area contributed by atoms with E-state index in [1.54, 1.807) is 18.9 Å². The van der Waals surface area contributed by atoms with E-state index in [0.29, 0.717) is 0 Å². The highest BCUT2D eigenvalue weighted by molar-refractivity contribution is 5.82. The van der Waals surface area contributed by atoms with Gasteiger partial charge >= 0.3 is 0 Å². The second kappa shape index (κ2) is 6.89. The van der Waals surface area contributed by atoms with Gasteiger partial charge in [-0.3, -0.25) is 9.59 Å². The fourth-order valence-corrected chi connectivity index (χ4v) is 2.56. The standard InChI is InChI=1S/C14H27N3O2/c1-9(2)13(15)14(19)16-11-7-5-6-8-12(11)17(4)10(3)18/h9,11-13H,5-8,15H2,1-4H3,(H,16,19)/t11?,12-,13?/m0/s1. The summed E-state index contributed by atoms with van der Waals surface area (Å²) in [5, 5.41) is 3.03. The Bertz CT molecular complexity index is 331. The first kappa shape index (κ1) is 16.0. The first-order valence-corrected chi connectivity index (χ1v) is 7.14.